The molecule has 3 amide bonds. The molecule has 2 aliphatic heterocycles. The van der Waals surface area contributed by atoms with Gasteiger partial charge in [0.05, 0.1) is 12.4 Å². The van der Waals surface area contributed by atoms with Crippen molar-refractivity contribution in [3.05, 3.63) is 11.9 Å². The first-order valence-corrected chi connectivity index (χ1v) is 6.76. The Morgan fingerprint density at radius 3 is 2.91 bits per heavy atom. The minimum absolute atomic E-state index is 0.0884. The summed E-state index contributed by atoms with van der Waals surface area (Å²) >= 11 is 0. The lowest BCUT2D eigenvalue weighted by molar-refractivity contribution is -0.118. The van der Waals surface area contributed by atoms with Crippen molar-refractivity contribution >= 4 is 29.0 Å². The van der Waals surface area contributed by atoms with E-state index < -0.39 is 24.4 Å². The highest BCUT2D eigenvalue weighted by Gasteiger charge is 2.32. The number of urea groups is 1. The van der Waals surface area contributed by atoms with E-state index >= 15 is 0 Å². The zero-order valence-corrected chi connectivity index (χ0v) is 11.9. The molecule has 5 N–H and O–H groups in total. The van der Waals surface area contributed by atoms with Crippen LogP contribution in [0, 0.1) is 5.82 Å². The minimum Gasteiger partial charge on any atom is -0.481 e. The van der Waals surface area contributed by atoms with Crippen LogP contribution in [-0.4, -0.2) is 36.8 Å². The number of fused-ring (bicyclic) bond motifs is 1. The Morgan fingerprint density at radius 2 is 2.17 bits per heavy atom. The van der Waals surface area contributed by atoms with Crippen molar-refractivity contribution in [3.8, 4) is 5.75 Å². The van der Waals surface area contributed by atoms with Crippen LogP contribution < -0.4 is 31.9 Å². The number of alkyl halides is 1. The maximum atomic E-state index is 14.3. The molecule has 3 rings (SSSR count). The fourth-order valence-corrected chi connectivity index (χ4v) is 2.25. The molecule has 0 bridgehead atoms. The van der Waals surface area contributed by atoms with Crippen molar-refractivity contribution in [3.63, 3.8) is 0 Å². The second-order valence-electron chi connectivity index (χ2n) is 4.88. The monoisotopic (exact) mass is 328 g/mol. The van der Waals surface area contributed by atoms with E-state index in [0.717, 1.165) is 16.2 Å². The Balaban J connectivity index is 1.90. The molecule has 1 saturated heterocycles. The normalized spacial score (nSPS) is 16.8. The van der Waals surface area contributed by atoms with Crippen LogP contribution in [0.4, 0.5) is 30.6 Å². The Morgan fingerprint density at radius 1 is 1.39 bits per heavy atom. The lowest BCUT2D eigenvalue weighted by atomic mass is 10.2. The summed E-state index contributed by atoms with van der Waals surface area (Å²) in [6.45, 7) is -0.740. The van der Waals surface area contributed by atoms with Crippen molar-refractivity contribution in [1.82, 2.24) is 16.0 Å². The number of halogens is 2. The van der Waals surface area contributed by atoms with E-state index in [4.69, 9.17) is 10.5 Å². The molecule has 1 aromatic rings. The largest absolute Gasteiger partial charge is 0.481 e. The van der Waals surface area contributed by atoms with Gasteiger partial charge in [0.2, 0.25) is 0 Å². The number of hydrazine groups is 3. The number of carbonyl (C=O) groups is 2. The average molecular weight is 328 g/mol. The van der Waals surface area contributed by atoms with Crippen LogP contribution in [0.5, 0.6) is 5.75 Å². The minimum atomic E-state index is -0.766. The second-order valence-corrected chi connectivity index (χ2v) is 4.88. The molecule has 1 aromatic carbocycles. The molecular weight excluding hydrogens is 314 g/mol. The molecule has 124 valence electrons. The molecule has 11 heteroatoms. The van der Waals surface area contributed by atoms with Gasteiger partial charge in [0, 0.05) is 12.6 Å². The Kier molecular flexibility index (Phi) is 3.78. The molecule has 23 heavy (non-hydrogen) atoms. The molecule has 0 saturated carbocycles. The Hall–Kier alpha value is -2.82. The first-order chi connectivity index (χ1) is 11.0. The number of benzene rings is 1. The first kappa shape index (κ1) is 15.1. The van der Waals surface area contributed by atoms with E-state index in [-0.39, 0.29) is 42.4 Å². The number of anilines is 3. The maximum Gasteiger partial charge on any atom is 0.353 e. The van der Waals surface area contributed by atoms with Gasteiger partial charge in [0.15, 0.2) is 12.4 Å². The van der Waals surface area contributed by atoms with Crippen LogP contribution in [-0.2, 0) is 4.79 Å². The van der Waals surface area contributed by atoms with Crippen molar-refractivity contribution in [2.75, 3.05) is 36.0 Å². The van der Waals surface area contributed by atoms with Gasteiger partial charge in [-0.2, -0.15) is 5.12 Å². The summed E-state index contributed by atoms with van der Waals surface area (Å²) in [5.74, 6) is -1.09. The predicted octanol–water partition coefficient (Wildman–Crippen LogP) is 0.265. The standard InChI is InChI=1S/C12H14F2N6O3/c13-2-1-3-19-12(22)17-20(18-19)11-6(14)4-7-10(9(11)15)16-8(21)5-23-7/h4,18H,1-3,5,15H2,(H,16,21)(H,17,22). The van der Waals surface area contributed by atoms with Crippen molar-refractivity contribution < 1.29 is 23.1 Å². The molecule has 2 aliphatic rings. The molecule has 1 fully saturated rings. The van der Waals surface area contributed by atoms with Gasteiger partial charge in [-0.25, -0.2) is 19.6 Å². The third-order valence-corrected chi connectivity index (χ3v) is 3.29. The topological polar surface area (TPSA) is 112 Å². The number of rotatable bonds is 4. The summed E-state index contributed by atoms with van der Waals surface area (Å²) in [6.07, 6.45) is 0.125. The van der Waals surface area contributed by atoms with E-state index in [0.29, 0.717) is 0 Å². The zero-order valence-electron chi connectivity index (χ0n) is 11.9. The van der Waals surface area contributed by atoms with Crippen molar-refractivity contribution in [1.29, 1.82) is 0 Å². The average Bonchev–Trinajstić information content (AvgIpc) is 2.87. The summed E-state index contributed by atoms with van der Waals surface area (Å²) in [6, 6.07) is 0.466. The number of carbonyl (C=O) groups excluding carboxylic acids is 2. The SMILES string of the molecule is Nc1c2c(cc(F)c1N1NC(=O)N(CCCF)N1)OCC(=O)N2. The number of amides is 3. The number of hydrogen-bond donors (Lipinski definition) is 4. The third kappa shape index (κ3) is 2.65. The van der Waals surface area contributed by atoms with E-state index in [1.54, 1.807) is 0 Å². The third-order valence-electron chi connectivity index (χ3n) is 3.29. The zero-order chi connectivity index (χ0) is 16.6. The number of nitrogens with one attached hydrogen (secondary N) is 3. The summed E-state index contributed by atoms with van der Waals surface area (Å²) in [4.78, 5) is 23.1. The van der Waals surface area contributed by atoms with E-state index in [9.17, 15) is 18.4 Å². The highest BCUT2D eigenvalue weighted by molar-refractivity contribution is 6.01. The fraction of sp³-hybridized carbons (Fsp3) is 0.333. The molecule has 0 radical (unpaired) electrons. The van der Waals surface area contributed by atoms with Crippen LogP contribution in [0.2, 0.25) is 0 Å². The summed E-state index contributed by atoms with van der Waals surface area (Å²) < 4.78 is 31.6. The van der Waals surface area contributed by atoms with Gasteiger partial charge in [0.25, 0.3) is 5.91 Å². The van der Waals surface area contributed by atoms with Crippen molar-refractivity contribution in [2.24, 2.45) is 0 Å². The van der Waals surface area contributed by atoms with Crippen LogP contribution >= 0.6 is 0 Å². The van der Waals surface area contributed by atoms with Crippen LogP contribution in [0.1, 0.15) is 6.42 Å². The number of nitrogens with zero attached hydrogens (tertiary/aromatic N) is 2. The fourth-order valence-electron chi connectivity index (χ4n) is 2.25. The molecule has 0 unspecified atom stereocenters. The van der Waals surface area contributed by atoms with Gasteiger partial charge < -0.3 is 15.8 Å². The van der Waals surface area contributed by atoms with Gasteiger partial charge in [-0.1, -0.05) is 0 Å². The number of hydrogen-bond acceptors (Lipinski definition) is 6. The van der Waals surface area contributed by atoms with E-state index in [1.807, 2.05) is 0 Å². The Bertz CT molecular complexity index is 671. The number of nitrogen functional groups attached to an aromatic ring is 1. The van der Waals surface area contributed by atoms with Gasteiger partial charge in [0.1, 0.15) is 17.1 Å². The molecular formula is C12H14F2N6O3. The predicted molar refractivity (Wildman–Crippen MR) is 76.4 cm³/mol. The molecule has 0 aromatic heterocycles. The molecule has 0 aliphatic carbocycles. The van der Waals surface area contributed by atoms with Gasteiger partial charge in [-0.05, 0) is 6.42 Å². The quantitative estimate of drug-likeness (QED) is 0.590. The Labute approximate surface area is 129 Å². The number of ether oxygens (including phenoxy) is 1. The lowest BCUT2D eigenvalue weighted by Crippen LogP contribution is -2.43. The second kappa shape index (κ2) is 5.76. The molecule has 2 heterocycles. The van der Waals surface area contributed by atoms with Crippen LogP contribution in [0.3, 0.4) is 0 Å². The summed E-state index contributed by atoms with van der Waals surface area (Å²) in [5, 5.41) is 4.53. The van der Waals surface area contributed by atoms with Crippen LogP contribution in [0.25, 0.3) is 0 Å². The van der Waals surface area contributed by atoms with Crippen LogP contribution in [0.15, 0.2) is 6.07 Å². The highest BCUT2D eigenvalue weighted by atomic mass is 19.1. The summed E-state index contributed by atoms with van der Waals surface area (Å²) in [5.41, 5.74) is 10.6. The smallest absolute Gasteiger partial charge is 0.353 e. The lowest BCUT2D eigenvalue weighted by Gasteiger charge is -2.25. The highest BCUT2D eigenvalue weighted by Crippen LogP contribution is 2.41. The first-order valence-electron chi connectivity index (χ1n) is 6.76. The maximum absolute atomic E-state index is 14.3. The molecule has 9 nitrogen and oxygen atoms in total. The molecule has 0 spiro atoms. The summed E-state index contributed by atoms with van der Waals surface area (Å²) in [7, 11) is 0. The molecule has 0 atom stereocenters. The number of nitrogens with two attached hydrogens (primary N) is 1. The van der Waals surface area contributed by atoms with E-state index in [1.165, 1.54) is 0 Å². The van der Waals surface area contributed by atoms with Gasteiger partial charge >= 0.3 is 6.03 Å². The van der Waals surface area contributed by atoms with Crippen molar-refractivity contribution in [2.45, 2.75) is 6.42 Å². The van der Waals surface area contributed by atoms with E-state index in [2.05, 4.69) is 16.3 Å². The van der Waals surface area contributed by atoms with Gasteiger partial charge in [-0.3, -0.25) is 9.18 Å². The van der Waals surface area contributed by atoms with Gasteiger partial charge in [-0.15, -0.1) is 5.53 Å².